The van der Waals surface area contributed by atoms with E-state index in [0.717, 1.165) is 23.5 Å². The lowest BCUT2D eigenvalue weighted by Gasteiger charge is -2.22. The van der Waals surface area contributed by atoms with Crippen LogP contribution < -0.4 is 14.8 Å². The number of aryl methyl sites for hydroxylation is 2. The first-order valence-electron chi connectivity index (χ1n) is 10.3. The second-order valence-corrected chi connectivity index (χ2v) is 7.87. The Morgan fingerprint density at radius 1 is 1.07 bits per heavy atom. The smallest absolute Gasteiger partial charge is 0.234 e. The topological polar surface area (TPSA) is 50.8 Å². The molecule has 0 radical (unpaired) electrons. The summed E-state index contributed by atoms with van der Waals surface area (Å²) in [7, 11) is 5.21. The number of carbonyl (C=O) groups is 1. The normalized spacial score (nSPS) is 14.2. The van der Waals surface area contributed by atoms with Gasteiger partial charge in [-0.1, -0.05) is 24.3 Å². The molecule has 1 amide bonds. The predicted octanol–water partition coefficient (Wildman–Crippen LogP) is 3.89. The van der Waals surface area contributed by atoms with Gasteiger partial charge in [-0.3, -0.25) is 9.69 Å². The minimum atomic E-state index is -0.00125. The van der Waals surface area contributed by atoms with Crippen LogP contribution >= 0.6 is 0 Å². The summed E-state index contributed by atoms with van der Waals surface area (Å²) in [6, 6.07) is 12.4. The minimum absolute atomic E-state index is 0.00125. The van der Waals surface area contributed by atoms with Crippen LogP contribution in [0.25, 0.3) is 0 Å². The van der Waals surface area contributed by atoms with Gasteiger partial charge >= 0.3 is 0 Å². The van der Waals surface area contributed by atoms with Crippen LogP contribution in [0.2, 0.25) is 0 Å². The maximum atomic E-state index is 12.6. The van der Waals surface area contributed by atoms with Crippen molar-refractivity contribution >= 4 is 5.91 Å². The van der Waals surface area contributed by atoms with Gasteiger partial charge in [-0.2, -0.15) is 0 Å². The molecule has 0 spiro atoms. The van der Waals surface area contributed by atoms with Gasteiger partial charge in [-0.05, 0) is 62.4 Å². The van der Waals surface area contributed by atoms with Crippen LogP contribution in [0.4, 0.5) is 0 Å². The second kappa shape index (κ2) is 9.79. The number of hydrogen-bond acceptors (Lipinski definition) is 4. The summed E-state index contributed by atoms with van der Waals surface area (Å²) in [5.74, 6) is 1.54. The van der Waals surface area contributed by atoms with Gasteiger partial charge in [0.2, 0.25) is 5.91 Å². The fourth-order valence-electron chi connectivity index (χ4n) is 3.97. The van der Waals surface area contributed by atoms with Crippen LogP contribution in [0.3, 0.4) is 0 Å². The van der Waals surface area contributed by atoms with E-state index in [9.17, 15) is 4.79 Å². The van der Waals surface area contributed by atoms with Crippen molar-refractivity contribution in [2.24, 2.45) is 0 Å². The van der Waals surface area contributed by atoms with E-state index in [4.69, 9.17) is 9.47 Å². The Bertz CT molecular complexity index is 850. The molecule has 1 aliphatic rings. The Kier molecular flexibility index (Phi) is 7.15. The molecule has 5 nitrogen and oxygen atoms in total. The van der Waals surface area contributed by atoms with E-state index in [-0.39, 0.29) is 11.9 Å². The standard InChI is InChI=1S/C24H32N2O3/c1-17(19-10-9-18-7-5-6-8-20(18)13-19)25-24(27)16-26(2)15-21-11-12-22(28-3)14-23(21)29-4/h9-14,17H,5-8,15-16H2,1-4H3,(H,25,27)/t17-/m1/s1. The highest BCUT2D eigenvalue weighted by molar-refractivity contribution is 5.78. The second-order valence-electron chi connectivity index (χ2n) is 7.87. The molecule has 2 aromatic carbocycles. The summed E-state index contributed by atoms with van der Waals surface area (Å²) in [4.78, 5) is 14.6. The van der Waals surface area contributed by atoms with E-state index >= 15 is 0 Å². The number of hydrogen-bond donors (Lipinski definition) is 1. The fourth-order valence-corrected chi connectivity index (χ4v) is 3.97. The number of amides is 1. The lowest BCUT2D eigenvalue weighted by molar-refractivity contribution is -0.122. The minimum Gasteiger partial charge on any atom is -0.497 e. The molecule has 0 aliphatic heterocycles. The highest BCUT2D eigenvalue weighted by Gasteiger charge is 2.16. The number of nitrogens with zero attached hydrogens (tertiary/aromatic N) is 1. The highest BCUT2D eigenvalue weighted by Crippen LogP contribution is 2.26. The van der Waals surface area contributed by atoms with Crippen LogP contribution in [0.15, 0.2) is 36.4 Å². The molecular formula is C24H32N2O3. The summed E-state index contributed by atoms with van der Waals surface area (Å²) in [6.07, 6.45) is 4.87. The molecule has 0 saturated heterocycles. The molecule has 1 aliphatic carbocycles. The molecule has 0 heterocycles. The number of methoxy groups -OCH3 is 2. The number of benzene rings is 2. The summed E-state index contributed by atoms with van der Waals surface area (Å²) in [6.45, 7) is 2.99. The van der Waals surface area contributed by atoms with Crippen LogP contribution in [0.5, 0.6) is 11.5 Å². The quantitative estimate of drug-likeness (QED) is 0.735. The number of fused-ring (bicyclic) bond motifs is 1. The van der Waals surface area contributed by atoms with Crippen molar-refractivity contribution in [1.82, 2.24) is 10.2 Å². The zero-order valence-corrected chi connectivity index (χ0v) is 18.0. The van der Waals surface area contributed by atoms with Gasteiger partial charge < -0.3 is 14.8 Å². The van der Waals surface area contributed by atoms with Crippen molar-refractivity contribution in [3.8, 4) is 11.5 Å². The first-order chi connectivity index (χ1) is 14.0. The molecule has 0 saturated carbocycles. The van der Waals surface area contributed by atoms with Crippen LogP contribution in [0.1, 0.15) is 48.1 Å². The molecule has 0 unspecified atom stereocenters. The summed E-state index contributed by atoms with van der Waals surface area (Å²) in [5.41, 5.74) is 5.11. The largest absolute Gasteiger partial charge is 0.497 e. The Balaban J connectivity index is 1.56. The molecule has 5 heteroatoms. The molecular weight excluding hydrogens is 364 g/mol. The van der Waals surface area contributed by atoms with Gasteiger partial charge in [0.05, 0.1) is 26.8 Å². The van der Waals surface area contributed by atoms with Crippen molar-refractivity contribution in [2.75, 3.05) is 27.8 Å². The van der Waals surface area contributed by atoms with E-state index in [2.05, 4.69) is 30.4 Å². The maximum absolute atomic E-state index is 12.6. The highest BCUT2D eigenvalue weighted by atomic mass is 16.5. The maximum Gasteiger partial charge on any atom is 0.234 e. The molecule has 156 valence electrons. The monoisotopic (exact) mass is 396 g/mol. The van der Waals surface area contributed by atoms with Crippen molar-refractivity contribution in [2.45, 2.75) is 45.2 Å². The fraction of sp³-hybridized carbons (Fsp3) is 0.458. The molecule has 2 aromatic rings. The Morgan fingerprint density at radius 2 is 1.83 bits per heavy atom. The van der Waals surface area contributed by atoms with Crippen LogP contribution in [-0.4, -0.2) is 38.6 Å². The van der Waals surface area contributed by atoms with Crippen molar-refractivity contribution < 1.29 is 14.3 Å². The van der Waals surface area contributed by atoms with E-state index in [0.29, 0.717) is 13.1 Å². The predicted molar refractivity (Wildman–Crippen MR) is 116 cm³/mol. The number of rotatable bonds is 8. The summed E-state index contributed by atoms with van der Waals surface area (Å²) >= 11 is 0. The number of carbonyl (C=O) groups excluding carboxylic acids is 1. The van der Waals surface area contributed by atoms with Crippen molar-refractivity contribution in [3.05, 3.63) is 58.7 Å². The number of ether oxygens (including phenoxy) is 2. The third kappa shape index (κ3) is 5.51. The van der Waals surface area contributed by atoms with Gasteiger partial charge in [0.1, 0.15) is 11.5 Å². The zero-order valence-electron chi connectivity index (χ0n) is 18.0. The molecule has 1 atom stereocenters. The summed E-state index contributed by atoms with van der Waals surface area (Å²) in [5, 5.41) is 3.13. The Hall–Kier alpha value is -2.53. The third-order valence-electron chi connectivity index (χ3n) is 5.60. The van der Waals surface area contributed by atoms with E-state index in [1.54, 1.807) is 14.2 Å². The molecule has 0 fully saturated rings. The summed E-state index contributed by atoms with van der Waals surface area (Å²) < 4.78 is 10.7. The molecule has 0 bridgehead atoms. The molecule has 1 N–H and O–H groups in total. The average molecular weight is 397 g/mol. The molecule has 29 heavy (non-hydrogen) atoms. The van der Waals surface area contributed by atoms with Gasteiger partial charge in [-0.15, -0.1) is 0 Å². The first kappa shape index (κ1) is 21.2. The van der Waals surface area contributed by atoms with E-state index in [1.807, 2.05) is 30.1 Å². The number of likely N-dealkylation sites (N-methyl/N-ethyl adjacent to an activating group) is 1. The van der Waals surface area contributed by atoms with Crippen molar-refractivity contribution in [3.63, 3.8) is 0 Å². The Labute approximate surface area is 174 Å². The SMILES string of the molecule is COc1ccc(CN(C)CC(=O)N[C@H](C)c2ccc3c(c2)CCCC3)c(OC)c1. The zero-order chi connectivity index (χ0) is 20.8. The van der Waals surface area contributed by atoms with E-state index < -0.39 is 0 Å². The van der Waals surface area contributed by atoms with E-state index in [1.165, 1.54) is 36.0 Å². The number of nitrogens with one attached hydrogen (secondary N) is 1. The molecule has 0 aromatic heterocycles. The van der Waals surface area contributed by atoms with Gasteiger partial charge in [0, 0.05) is 18.2 Å². The average Bonchev–Trinajstić information content (AvgIpc) is 2.73. The van der Waals surface area contributed by atoms with Crippen LogP contribution in [0, 0.1) is 0 Å². The lowest BCUT2D eigenvalue weighted by atomic mass is 9.89. The third-order valence-corrected chi connectivity index (χ3v) is 5.60. The van der Waals surface area contributed by atoms with Crippen molar-refractivity contribution in [1.29, 1.82) is 0 Å². The van der Waals surface area contributed by atoms with Crippen LogP contribution in [-0.2, 0) is 24.2 Å². The van der Waals surface area contributed by atoms with Gasteiger partial charge in [0.15, 0.2) is 0 Å². The molecule has 3 rings (SSSR count). The van der Waals surface area contributed by atoms with Gasteiger partial charge in [0.25, 0.3) is 0 Å². The lowest BCUT2D eigenvalue weighted by Crippen LogP contribution is -2.36. The Morgan fingerprint density at radius 3 is 2.55 bits per heavy atom. The first-order valence-corrected chi connectivity index (χ1v) is 10.3. The van der Waals surface area contributed by atoms with Gasteiger partial charge in [-0.25, -0.2) is 0 Å².